The molecule has 1 unspecified atom stereocenters. The number of hydrogen-bond acceptors (Lipinski definition) is 6. The van der Waals surface area contributed by atoms with E-state index in [-0.39, 0.29) is 18.2 Å². The van der Waals surface area contributed by atoms with Gasteiger partial charge in [-0.15, -0.1) is 0 Å². The number of fused-ring (bicyclic) bond motifs is 1. The molecule has 2 aliphatic rings. The molecule has 1 saturated heterocycles. The summed E-state index contributed by atoms with van der Waals surface area (Å²) < 4.78 is 16.9. The van der Waals surface area contributed by atoms with Crippen LogP contribution >= 0.6 is 39.3 Å². The molecule has 2 aliphatic heterocycles. The second kappa shape index (κ2) is 7.53. The van der Waals surface area contributed by atoms with Gasteiger partial charge in [0.25, 0.3) is 5.91 Å². The maximum absolute atomic E-state index is 12.4. The lowest BCUT2D eigenvalue weighted by molar-refractivity contribution is -0.116. The van der Waals surface area contributed by atoms with Crippen molar-refractivity contribution in [2.75, 3.05) is 19.2 Å². The molecule has 2 heterocycles. The standard InChI is InChI=1S/C18H14BrClN2O4S/c1-24-13-3-2-10(20)6-12(13)21-18-22-17(23)16(27-18)5-9-4-14-15(7-11(9)19)26-8-25-14/h2-7,18,21H,8H2,1H3,(H,22,23)/b16-5-. The minimum Gasteiger partial charge on any atom is -0.495 e. The molecule has 4 rings (SSSR count). The number of halogens is 2. The number of ether oxygens (including phenoxy) is 3. The normalized spacial score (nSPS) is 19.3. The molecule has 1 amide bonds. The van der Waals surface area contributed by atoms with Crippen molar-refractivity contribution in [2.45, 2.75) is 5.50 Å². The van der Waals surface area contributed by atoms with Gasteiger partial charge in [-0.1, -0.05) is 39.3 Å². The Morgan fingerprint density at radius 1 is 1.33 bits per heavy atom. The molecule has 2 aromatic carbocycles. The summed E-state index contributed by atoms with van der Waals surface area (Å²) in [6.07, 6.45) is 1.81. The van der Waals surface area contributed by atoms with Crippen LogP contribution in [0.15, 0.2) is 39.7 Å². The molecule has 1 fully saturated rings. The molecule has 1 atom stereocenters. The molecule has 0 bridgehead atoms. The predicted octanol–water partition coefficient (Wildman–Crippen LogP) is 4.44. The Morgan fingerprint density at radius 2 is 2.11 bits per heavy atom. The first-order valence-corrected chi connectivity index (χ1v) is 9.97. The van der Waals surface area contributed by atoms with Crippen LogP contribution in [0.4, 0.5) is 5.69 Å². The molecule has 2 N–H and O–H groups in total. The highest BCUT2D eigenvalue weighted by Gasteiger charge is 2.28. The third-order valence-electron chi connectivity index (χ3n) is 3.96. The number of hydrogen-bond donors (Lipinski definition) is 2. The lowest BCUT2D eigenvalue weighted by Crippen LogP contribution is -2.31. The Kier molecular flexibility index (Phi) is 5.12. The Bertz CT molecular complexity index is 953. The van der Waals surface area contributed by atoms with Crippen molar-refractivity contribution >= 4 is 57.0 Å². The van der Waals surface area contributed by atoms with E-state index >= 15 is 0 Å². The molecule has 6 nitrogen and oxygen atoms in total. The smallest absolute Gasteiger partial charge is 0.260 e. The van der Waals surface area contributed by atoms with Gasteiger partial charge in [0, 0.05) is 9.50 Å². The Balaban J connectivity index is 1.55. The fourth-order valence-corrected chi connectivity index (χ4v) is 4.26. The zero-order valence-corrected chi connectivity index (χ0v) is 17.2. The molecule has 0 spiro atoms. The fraction of sp³-hybridized carbons (Fsp3) is 0.167. The summed E-state index contributed by atoms with van der Waals surface area (Å²) in [5, 5.41) is 6.69. The molecule has 0 aliphatic carbocycles. The van der Waals surface area contributed by atoms with E-state index < -0.39 is 0 Å². The highest BCUT2D eigenvalue weighted by Crippen LogP contribution is 2.40. The van der Waals surface area contributed by atoms with Crippen LogP contribution in [0.1, 0.15) is 5.56 Å². The minimum absolute atomic E-state index is 0.164. The van der Waals surface area contributed by atoms with Gasteiger partial charge in [0.05, 0.1) is 17.7 Å². The van der Waals surface area contributed by atoms with Crippen molar-refractivity contribution in [3.63, 3.8) is 0 Å². The Labute approximate surface area is 173 Å². The van der Waals surface area contributed by atoms with Gasteiger partial charge >= 0.3 is 0 Å². The number of benzene rings is 2. The van der Waals surface area contributed by atoms with Gasteiger partial charge in [0.15, 0.2) is 17.0 Å². The average molecular weight is 470 g/mol. The molecule has 140 valence electrons. The summed E-state index contributed by atoms with van der Waals surface area (Å²) in [7, 11) is 1.58. The Morgan fingerprint density at radius 3 is 2.89 bits per heavy atom. The van der Waals surface area contributed by atoms with Gasteiger partial charge in [-0.2, -0.15) is 0 Å². The van der Waals surface area contributed by atoms with Crippen LogP contribution in [0.5, 0.6) is 17.2 Å². The second-order valence-corrected chi connectivity index (χ2v) is 8.13. The first-order chi connectivity index (χ1) is 13.0. The van der Waals surface area contributed by atoms with Crippen LogP contribution in [0.3, 0.4) is 0 Å². The number of nitrogens with one attached hydrogen (secondary N) is 2. The third-order valence-corrected chi connectivity index (χ3v) is 5.91. The van der Waals surface area contributed by atoms with Crippen molar-refractivity contribution in [1.29, 1.82) is 0 Å². The van der Waals surface area contributed by atoms with E-state index in [0.29, 0.717) is 32.9 Å². The zero-order valence-electron chi connectivity index (χ0n) is 14.0. The summed E-state index contributed by atoms with van der Waals surface area (Å²) >= 11 is 10.9. The number of carbonyl (C=O) groups excluding carboxylic acids is 1. The van der Waals surface area contributed by atoms with Gasteiger partial charge in [-0.3, -0.25) is 4.79 Å². The lowest BCUT2D eigenvalue weighted by atomic mass is 10.2. The van der Waals surface area contributed by atoms with E-state index in [1.807, 2.05) is 18.2 Å². The van der Waals surface area contributed by atoms with Gasteiger partial charge in [-0.05, 0) is 42.0 Å². The highest BCUT2D eigenvalue weighted by atomic mass is 79.9. The number of anilines is 1. The van der Waals surface area contributed by atoms with Crippen molar-refractivity contribution in [1.82, 2.24) is 5.32 Å². The van der Waals surface area contributed by atoms with Gasteiger partial charge < -0.3 is 24.8 Å². The summed E-state index contributed by atoms with van der Waals surface area (Å²) in [4.78, 5) is 13.0. The third kappa shape index (κ3) is 3.83. The minimum atomic E-state index is -0.344. The number of methoxy groups -OCH3 is 1. The van der Waals surface area contributed by atoms with Crippen LogP contribution in [-0.4, -0.2) is 25.3 Å². The molecular formula is C18H14BrClN2O4S. The van der Waals surface area contributed by atoms with Crippen molar-refractivity contribution in [3.05, 3.63) is 50.3 Å². The summed E-state index contributed by atoms with van der Waals surface area (Å²) in [6, 6.07) is 8.94. The van der Waals surface area contributed by atoms with Crippen LogP contribution in [0.25, 0.3) is 6.08 Å². The number of carbonyl (C=O) groups is 1. The Hall–Kier alpha value is -2.03. The van der Waals surface area contributed by atoms with E-state index in [4.69, 9.17) is 25.8 Å². The van der Waals surface area contributed by atoms with Crippen LogP contribution in [0.2, 0.25) is 5.02 Å². The predicted molar refractivity (Wildman–Crippen MR) is 109 cm³/mol. The number of amides is 1. The quantitative estimate of drug-likeness (QED) is 0.645. The summed E-state index contributed by atoms with van der Waals surface area (Å²) in [6.45, 7) is 0.199. The van der Waals surface area contributed by atoms with E-state index in [9.17, 15) is 4.79 Å². The lowest BCUT2D eigenvalue weighted by Gasteiger charge is -2.15. The van der Waals surface area contributed by atoms with Crippen molar-refractivity contribution in [3.8, 4) is 17.2 Å². The summed E-state index contributed by atoms with van der Waals surface area (Å²) in [5.41, 5.74) is 1.19. The van der Waals surface area contributed by atoms with Crippen LogP contribution in [0, 0.1) is 0 Å². The number of thioether (sulfide) groups is 1. The zero-order chi connectivity index (χ0) is 19.0. The van der Waals surface area contributed by atoms with Crippen LogP contribution < -0.4 is 24.8 Å². The molecule has 0 aromatic heterocycles. The fourth-order valence-electron chi connectivity index (χ4n) is 2.68. The van der Waals surface area contributed by atoms with E-state index in [2.05, 4.69) is 26.6 Å². The van der Waals surface area contributed by atoms with Crippen molar-refractivity contribution < 1.29 is 19.0 Å². The molecule has 2 aromatic rings. The van der Waals surface area contributed by atoms with E-state index in [0.717, 1.165) is 10.0 Å². The molecule has 0 radical (unpaired) electrons. The van der Waals surface area contributed by atoms with Gasteiger partial charge in [0.2, 0.25) is 6.79 Å². The van der Waals surface area contributed by atoms with E-state index in [1.54, 1.807) is 25.3 Å². The van der Waals surface area contributed by atoms with Crippen LogP contribution in [-0.2, 0) is 4.79 Å². The number of rotatable bonds is 4. The first kappa shape index (κ1) is 18.3. The monoisotopic (exact) mass is 468 g/mol. The van der Waals surface area contributed by atoms with Gasteiger partial charge in [0.1, 0.15) is 5.75 Å². The molecule has 9 heteroatoms. The average Bonchev–Trinajstić information content (AvgIpc) is 3.21. The van der Waals surface area contributed by atoms with Crippen molar-refractivity contribution in [2.24, 2.45) is 0 Å². The summed E-state index contributed by atoms with van der Waals surface area (Å²) in [5.74, 6) is 1.82. The van der Waals surface area contributed by atoms with E-state index in [1.165, 1.54) is 11.8 Å². The molecular weight excluding hydrogens is 456 g/mol. The largest absolute Gasteiger partial charge is 0.495 e. The maximum atomic E-state index is 12.4. The topological polar surface area (TPSA) is 68.8 Å². The maximum Gasteiger partial charge on any atom is 0.260 e. The SMILES string of the molecule is COc1ccc(Cl)cc1NC1NC(=O)/C(=C/c2cc3c(cc2Br)OCO3)S1. The van der Waals surface area contributed by atoms with Gasteiger partial charge in [-0.25, -0.2) is 0 Å². The highest BCUT2D eigenvalue weighted by molar-refractivity contribution is 9.10. The molecule has 27 heavy (non-hydrogen) atoms. The first-order valence-electron chi connectivity index (χ1n) is 7.92. The second-order valence-electron chi connectivity index (χ2n) is 5.70. The molecule has 0 saturated carbocycles.